The Kier molecular flexibility index (Phi) is 10.3. The van der Waals surface area contributed by atoms with Gasteiger partial charge < -0.3 is 20.9 Å². The molecule has 3 N–H and O–H groups in total. The van der Waals surface area contributed by atoms with E-state index in [9.17, 15) is 19.2 Å². The number of amidine groups is 1. The Bertz CT molecular complexity index is 1790. The highest BCUT2D eigenvalue weighted by atomic mass is 32.2. The summed E-state index contributed by atoms with van der Waals surface area (Å²) in [6, 6.07) is 32.3. The maximum Gasteiger partial charge on any atom is 0.272 e. The van der Waals surface area contributed by atoms with Crippen molar-refractivity contribution in [3.05, 3.63) is 126 Å². The minimum atomic E-state index is -0.507. The number of hydrogen-bond acceptors (Lipinski definition) is 7. The van der Waals surface area contributed by atoms with Crippen LogP contribution in [-0.2, 0) is 14.4 Å². The number of rotatable bonds is 10. The second-order valence-electron chi connectivity index (χ2n) is 10.4. The summed E-state index contributed by atoms with van der Waals surface area (Å²) < 4.78 is 0. The van der Waals surface area contributed by atoms with Crippen LogP contribution in [0.5, 0.6) is 0 Å². The molecule has 4 aromatic carbocycles. The lowest BCUT2D eigenvalue weighted by atomic mass is 10.1. The zero-order valence-electron chi connectivity index (χ0n) is 25.3. The molecule has 5 rings (SSSR count). The standard InChI is InChI=1S/C35H32N6O4S/c1-40(2)27-18-16-24(17-19-27)20-30(37-34(44)25-10-5-3-6-11-25)35(45)36-26-12-9-15-29(21-26)46-23-32(42)38-31-22-33(43)41(39-31)28-13-7-4-8-14-28/h3-21H,22-23H2,1-2H3,(H,36,45)(H,37,44)(H,38,39,42)/b30-20+. The highest BCUT2D eigenvalue weighted by Crippen LogP contribution is 2.23. The van der Waals surface area contributed by atoms with Crippen molar-refractivity contribution in [2.24, 2.45) is 5.10 Å². The van der Waals surface area contributed by atoms with Gasteiger partial charge in [-0.15, -0.1) is 11.8 Å². The van der Waals surface area contributed by atoms with Crippen molar-refractivity contribution in [1.82, 2.24) is 10.6 Å². The van der Waals surface area contributed by atoms with E-state index in [0.717, 1.165) is 16.1 Å². The maximum atomic E-state index is 13.5. The van der Waals surface area contributed by atoms with E-state index in [-0.39, 0.29) is 35.5 Å². The first kappa shape index (κ1) is 31.7. The van der Waals surface area contributed by atoms with Gasteiger partial charge in [0.15, 0.2) is 0 Å². The van der Waals surface area contributed by atoms with Crippen molar-refractivity contribution in [3.63, 3.8) is 0 Å². The van der Waals surface area contributed by atoms with Gasteiger partial charge in [-0.2, -0.15) is 10.1 Å². The Morgan fingerprint density at radius 3 is 2.26 bits per heavy atom. The van der Waals surface area contributed by atoms with Gasteiger partial charge >= 0.3 is 0 Å². The average molecular weight is 633 g/mol. The number of thioether (sulfide) groups is 1. The van der Waals surface area contributed by atoms with Crippen molar-refractivity contribution in [1.29, 1.82) is 0 Å². The van der Waals surface area contributed by atoms with Crippen LogP contribution in [0.15, 0.2) is 125 Å². The lowest BCUT2D eigenvalue weighted by Crippen LogP contribution is -2.31. The Balaban J connectivity index is 1.23. The van der Waals surface area contributed by atoms with Crippen molar-refractivity contribution in [2.45, 2.75) is 11.3 Å². The quantitative estimate of drug-likeness (QED) is 0.165. The van der Waals surface area contributed by atoms with Gasteiger partial charge in [0.25, 0.3) is 17.7 Å². The predicted octanol–water partition coefficient (Wildman–Crippen LogP) is 5.12. The molecule has 0 unspecified atom stereocenters. The third kappa shape index (κ3) is 8.48. The average Bonchev–Trinajstić information content (AvgIpc) is 3.44. The lowest BCUT2D eigenvalue weighted by Gasteiger charge is -2.14. The molecule has 0 aromatic heterocycles. The van der Waals surface area contributed by atoms with Crippen LogP contribution in [0, 0.1) is 0 Å². The van der Waals surface area contributed by atoms with Crippen LogP contribution in [0.3, 0.4) is 0 Å². The van der Waals surface area contributed by atoms with Crippen molar-refractivity contribution < 1.29 is 19.2 Å². The van der Waals surface area contributed by atoms with Gasteiger partial charge in [0.2, 0.25) is 5.91 Å². The van der Waals surface area contributed by atoms with Gasteiger partial charge in [0.05, 0.1) is 17.9 Å². The van der Waals surface area contributed by atoms with E-state index >= 15 is 0 Å². The molecule has 0 spiro atoms. The van der Waals surface area contributed by atoms with Crippen LogP contribution in [0.25, 0.3) is 6.08 Å². The fourth-order valence-electron chi connectivity index (χ4n) is 4.46. The Morgan fingerprint density at radius 1 is 0.870 bits per heavy atom. The van der Waals surface area contributed by atoms with Crippen molar-refractivity contribution in [2.75, 3.05) is 35.1 Å². The van der Waals surface area contributed by atoms with E-state index in [1.54, 1.807) is 60.7 Å². The number of nitrogens with one attached hydrogen (secondary N) is 3. The molecule has 46 heavy (non-hydrogen) atoms. The Hall–Kier alpha value is -5.68. The summed E-state index contributed by atoms with van der Waals surface area (Å²) in [5.74, 6) is -1.10. The SMILES string of the molecule is CN(C)c1ccc(/C=C(/NC(=O)c2ccccc2)C(=O)Nc2cccc(SCC(=O)NC3=NN(c4ccccc4)C(=O)C3)c2)cc1. The number of carbonyl (C=O) groups is 4. The zero-order chi connectivity index (χ0) is 32.5. The molecule has 0 saturated carbocycles. The molecule has 1 aliphatic rings. The van der Waals surface area contributed by atoms with E-state index in [1.165, 1.54) is 16.8 Å². The maximum absolute atomic E-state index is 13.5. The van der Waals surface area contributed by atoms with Crippen molar-refractivity contribution >= 4 is 64.4 Å². The number of amides is 4. The first-order valence-electron chi connectivity index (χ1n) is 14.4. The minimum absolute atomic E-state index is 0.00325. The molecule has 1 aliphatic heterocycles. The molecule has 10 nitrogen and oxygen atoms in total. The topological polar surface area (TPSA) is 123 Å². The van der Waals surface area contributed by atoms with Crippen molar-refractivity contribution in [3.8, 4) is 0 Å². The Morgan fingerprint density at radius 2 is 1.57 bits per heavy atom. The number of nitrogens with zero attached hydrogens (tertiary/aromatic N) is 3. The molecular weight excluding hydrogens is 600 g/mol. The first-order valence-corrected chi connectivity index (χ1v) is 15.4. The third-order valence-electron chi connectivity index (χ3n) is 6.77. The van der Waals surface area contributed by atoms with Gasteiger partial charge in [-0.3, -0.25) is 19.2 Å². The fourth-order valence-corrected chi connectivity index (χ4v) is 5.21. The lowest BCUT2D eigenvalue weighted by molar-refractivity contribution is -0.117. The molecule has 0 bridgehead atoms. The monoisotopic (exact) mass is 632 g/mol. The van der Waals surface area contributed by atoms with E-state index < -0.39 is 11.8 Å². The molecule has 11 heteroatoms. The molecule has 232 valence electrons. The van der Waals surface area contributed by atoms with Crippen LogP contribution in [0.1, 0.15) is 22.3 Å². The van der Waals surface area contributed by atoms with E-state index in [0.29, 0.717) is 16.9 Å². The first-order chi connectivity index (χ1) is 22.2. The summed E-state index contributed by atoms with van der Waals surface area (Å²) in [5.41, 5.74) is 3.34. The van der Waals surface area contributed by atoms with Gasteiger partial charge in [-0.05, 0) is 66.2 Å². The van der Waals surface area contributed by atoms with Gasteiger partial charge in [0, 0.05) is 35.9 Å². The zero-order valence-corrected chi connectivity index (χ0v) is 26.1. The summed E-state index contributed by atoms with van der Waals surface area (Å²) in [6.07, 6.45) is 1.62. The second-order valence-corrected chi connectivity index (χ2v) is 11.5. The fraction of sp³-hybridized carbons (Fsp3) is 0.114. The molecule has 0 atom stereocenters. The third-order valence-corrected chi connectivity index (χ3v) is 7.77. The summed E-state index contributed by atoms with van der Waals surface area (Å²) in [7, 11) is 3.88. The van der Waals surface area contributed by atoms with E-state index in [1.807, 2.05) is 73.6 Å². The molecule has 0 aliphatic carbocycles. The molecule has 1 heterocycles. The number of benzene rings is 4. The van der Waals surface area contributed by atoms with Gasteiger partial charge in [-0.25, -0.2) is 0 Å². The second kappa shape index (κ2) is 14.9. The highest BCUT2D eigenvalue weighted by Gasteiger charge is 2.26. The smallest absolute Gasteiger partial charge is 0.272 e. The number of anilines is 3. The molecule has 0 radical (unpaired) electrons. The molecular formula is C35H32N6O4S. The molecule has 0 saturated heterocycles. The van der Waals surface area contributed by atoms with E-state index in [4.69, 9.17) is 0 Å². The Labute approximate surface area is 271 Å². The van der Waals surface area contributed by atoms with Crippen LogP contribution >= 0.6 is 11.8 Å². The highest BCUT2D eigenvalue weighted by molar-refractivity contribution is 8.00. The number of hydrazone groups is 1. The van der Waals surface area contributed by atoms with E-state index in [2.05, 4.69) is 21.1 Å². The van der Waals surface area contributed by atoms with Crippen LogP contribution in [0.4, 0.5) is 17.1 Å². The summed E-state index contributed by atoms with van der Waals surface area (Å²) in [5, 5.41) is 13.8. The molecule has 4 amide bonds. The summed E-state index contributed by atoms with van der Waals surface area (Å²) in [4.78, 5) is 54.2. The largest absolute Gasteiger partial charge is 0.378 e. The molecule has 0 fully saturated rings. The van der Waals surface area contributed by atoms with Crippen LogP contribution < -0.4 is 25.9 Å². The normalized spacial score (nSPS) is 12.7. The molecule has 4 aromatic rings. The number of hydrogen-bond donors (Lipinski definition) is 3. The summed E-state index contributed by atoms with van der Waals surface area (Å²) in [6.45, 7) is 0. The van der Waals surface area contributed by atoms with Crippen LogP contribution in [-0.4, -0.2) is 49.3 Å². The predicted molar refractivity (Wildman–Crippen MR) is 183 cm³/mol. The minimum Gasteiger partial charge on any atom is -0.378 e. The number of carbonyl (C=O) groups excluding carboxylic acids is 4. The van der Waals surface area contributed by atoms with Gasteiger partial charge in [-0.1, -0.05) is 54.6 Å². The van der Waals surface area contributed by atoms with Gasteiger partial charge in [0.1, 0.15) is 11.5 Å². The summed E-state index contributed by atoms with van der Waals surface area (Å²) >= 11 is 1.27. The number of para-hydroxylation sites is 1. The van der Waals surface area contributed by atoms with Crippen LogP contribution in [0.2, 0.25) is 0 Å².